The van der Waals surface area contributed by atoms with E-state index in [0.717, 1.165) is 12.8 Å². The van der Waals surface area contributed by atoms with E-state index in [2.05, 4.69) is 4.98 Å². The van der Waals surface area contributed by atoms with Gasteiger partial charge in [-0.1, -0.05) is 29.3 Å². The average Bonchev–Trinajstić information content (AvgIpc) is 3.96. The molecule has 1 aliphatic heterocycles. The van der Waals surface area contributed by atoms with Gasteiger partial charge >= 0.3 is 18.7 Å². The van der Waals surface area contributed by atoms with Gasteiger partial charge in [0.2, 0.25) is 5.91 Å². The molecule has 0 N–H and O–H groups in total. The molecule has 1 saturated heterocycles. The largest absolute Gasteiger partial charge is 0.496 e. The van der Waals surface area contributed by atoms with Gasteiger partial charge in [0.05, 0.1) is 35.7 Å². The van der Waals surface area contributed by atoms with E-state index in [1.165, 1.54) is 55.9 Å². The number of esters is 1. The highest BCUT2D eigenvalue weighted by atomic mass is 35.5. The number of halogens is 4. The highest BCUT2D eigenvalue weighted by molar-refractivity contribution is 6.35. The summed E-state index contributed by atoms with van der Waals surface area (Å²) in [5.41, 5.74) is 0.569. The number of ketones is 1. The van der Waals surface area contributed by atoms with Crippen molar-refractivity contribution in [2.45, 2.75) is 97.1 Å². The van der Waals surface area contributed by atoms with Crippen molar-refractivity contribution in [3.63, 3.8) is 0 Å². The second kappa shape index (κ2) is 18.7. The van der Waals surface area contributed by atoms with Gasteiger partial charge in [-0.2, -0.15) is 8.78 Å². The van der Waals surface area contributed by atoms with E-state index < -0.39 is 42.6 Å². The van der Waals surface area contributed by atoms with Crippen LogP contribution < -0.4 is 14.2 Å². The highest BCUT2D eigenvalue weighted by Crippen LogP contribution is 2.38. The molecule has 5 rings (SSSR count). The number of hydrogen-bond donors (Lipinski definition) is 0. The fraction of sp³-hybridized carbons (Fsp3) is 0.488. The Morgan fingerprint density at radius 3 is 2.19 bits per heavy atom. The summed E-state index contributed by atoms with van der Waals surface area (Å²) in [5.74, 6) is -1.08. The van der Waals surface area contributed by atoms with Crippen molar-refractivity contribution in [1.29, 1.82) is 0 Å². The minimum Gasteiger partial charge on any atom is -0.496 e. The second-order valence-electron chi connectivity index (χ2n) is 15.3. The Balaban J connectivity index is 1.33. The summed E-state index contributed by atoms with van der Waals surface area (Å²) in [6, 6.07) is 8.04. The first-order valence-corrected chi connectivity index (χ1v) is 19.4. The molecule has 2 heterocycles. The third-order valence-corrected chi connectivity index (χ3v) is 10.2. The molecule has 1 saturated carbocycles. The number of Topliss-reactive ketones (excluding diaryl/α,β-unsaturated/α-hetero) is 1. The van der Waals surface area contributed by atoms with Gasteiger partial charge in [-0.25, -0.2) is 9.59 Å². The van der Waals surface area contributed by atoms with Crippen LogP contribution >= 0.6 is 23.2 Å². The Morgan fingerprint density at radius 2 is 1.56 bits per heavy atom. The van der Waals surface area contributed by atoms with Crippen LogP contribution in [0.25, 0.3) is 0 Å². The zero-order chi connectivity index (χ0) is 41.6. The first kappa shape index (κ1) is 43.4. The van der Waals surface area contributed by atoms with Crippen molar-refractivity contribution in [3.05, 3.63) is 81.1 Å². The molecule has 2 aromatic carbocycles. The zero-order valence-electron chi connectivity index (χ0n) is 32.7. The van der Waals surface area contributed by atoms with E-state index in [1.807, 2.05) is 6.92 Å². The lowest BCUT2D eigenvalue weighted by Crippen LogP contribution is -2.60. The van der Waals surface area contributed by atoms with E-state index in [4.69, 9.17) is 46.9 Å². The number of amides is 2. The third kappa shape index (κ3) is 11.9. The Kier molecular flexibility index (Phi) is 14.3. The molecule has 0 unspecified atom stereocenters. The van der Waals surface area contributed by atoms with Crippen LogP contribution in [0.1, 0.15) is 87.0 Å². The summed E-state index contributed by atoms with van der Waals surface area (Å²) in [7, 11) is 1.42. The summed E-state index contributed by atoms with van der Waals surface area (Å²) >= 11 is 12.9. The molecular weight excluding hydrogens is 787 g/mol. The fourth-order valence-corrected chi connectivity index (χ4v) is 6.92. The maximum Gasteiger partial charge on any atom is 0.410 e. The number of carbonyl (C=O) groups is 4. The minimum absolute atomic E-state index is 0.0181. The molecule has 3 atom stereocenters. The third-order valence-electron chi connectivity index (χ3n) is 9.50. The van der Waals surface area contributed by atoms with Crippen LogP contribution in [0.3, 0.4) is 0 Å². The first-order valence-electron chi connectivity index (χ1n) is 18.6. The number of piperazine rings is 1. The lowest BCUT2D eigenvalue weighted by atomic mass is 10.00. The smallest absolute Gasteiger partial charge is 0.410 e. The molecule has 12 nitrogen and oxygen atoms in total. The molecule has 57 heavy (non-hydrogen) atoms. The topological polar surface area (TPSA) is 134 Å². The lowest BCUT2D eigenvalue weighted by Gasteiger charge is -2.44. The minimum atomic E-state index is -3.09. The molecule has 0 bridgehead atoms. The number of methoxy groups -OCH3 is 1. The van der Waals surface area contributed by atoms with Gasteiger partial charge in [0.15, 0.2) is 11.5 Å². The molecule has 2 fully saturated rings. The van der Waals surface area contributed by atoms with Crippen LogP contribution in [-0.2, 0) is 31.9 Å². The Labute approximate surface area is 340 Å². The predicted molar refractivity (Wildman–Crippen MR) is 207 cm³/mol. The standard InChI is InChI=1S/C41H47Cl2F2N3O9/c1-23-21-48(40(52)57-41(3,4)5)24(2)20-47(23)37(50)16-29(49)14-28-13-27(10-11-33(28)53-6)38(51)55-35(17-30-31(42)18-46-19-32(30)43)26-9-12-34(56-39(44)45)36(15-26)54-22-25-7-8-25/h9-13,15,18-19,23-25,35,39H,7-8,14,16-17,20-22H2,1-6H3/t23-,24+,35-/m0/s1. The summed E-state index contributed by atoms with van der Waals surface area (Å²) in [5, 5.41) is 0.444. The van der Waals surface area contributed by atoms with Crippen molar-refractivity contribution in [1.82, 2.24) is 14.8 Å². The summed E-state index contributed by atoms with van der Waals surface area (Å²) in [6.07, 6.45) is 2.55. The van der Waals surface area contributed by atoms with Crippen molar-refractivity contribution in [2.75, 3.05) is 26.8 Å². The maximum atomic E-state index is 13.9. The normalized spacial score (nSPS) is 17.5. The van der Waals surface area contributed by atoms with Crippen LogP contribution in [0.15, 0.2) is 48.8 Å². The van der Waals surface area contributed by atoms with E-state index in [9.17, 15) is 28.0 Å². The molecule has 3 aromatic rings. The van der Waals surface area contributed by atoms with Gasteiger partial charge in [0.1, 0.15) is 23.2 Å². The Bertz CT molecular complexity index is 1940. The number of benzene rings is 2. The SMILES string of the molecule is COc1ccc(C(=O)O[C@@H](Cc2c(Cl)cncc2Cl)c2ccc(OC(F)F)c(OCC3CC3)c2)cc1CC(=O)CC(=O)N1C[C@@H](C)N(C(=O)OC(C)(C)C)C[C@@H]1C. The molecule has 0 radical (unpaired) electrons. The van der Waals surface area contributed by atoms with Gasteiger partial charge in [0, 0.05) is 56.0 Å². The van der Waals surface area contributed by atoms with E-state index in [1.54, 1.807) is 37.5 Å². The number of hydrogen-bond acceptors (Lipinski definition) is 10. The molecule has 2 amide bonds. The van der Waals surface area contributed by atoms with Crippen LogP contribution in [0, 0.1) is 5.92 Å². The predicted octanol–water partition coefficient (Wildman–Crippen LogP) is 8.29. The highest BCUT2D eigenvalue weighted by Gasteiger charge is 2.37. The van der Waals surface area contributed by atoms with Crippen molar-refractivity contribution in [2.24, 2.45) is 5.92 Å². The van der Waals surface area contributed by atoms with Crippen molar-refractivity contribution >= 4 is 47.0 Å². The number of ether oxygens (including phenoxy) is 5. The quantitative estimate of drug-likeness (QED) is 0.109. The number of aromatic nitrogens is 1. The zero-order valence-corrected chi connectivity index (χ0v) is 34.2. The number of carbonyl (C=O) groups excluding carboxylic acids is 4. The molecule has 308 valence electrons. The number of rotatable bonds is 15. The number of pyridine rings is 1. The number of alkyl halides is 2. The number of nitrogens with zero attached hydrogens (tertiary/aromatic N) is 3. The van der Waals surface area contributed by atoms with Crippen LogP contribution in [0.5, 0.6) is 17.2 Å². The van der Waals surface area contributed by atoms with Crippen molar-refractivity contribution < 1.29 is 51.6 Å². The molecular formula is C41H47Cl2F2N3O9. The molecule has 1 aromatic heterocycles. The van der Waals surface area contributed by atoms with Crippen LogP contribution in [0.2, 0.25) is 10.0 Å². The fourth-order valence-electron chi connectivity index (χ4n) is 6.40. The second-order valence-corrected chi connectivity index (χ2v) is 16.1. The van der Waals surface area contributed by atoms with Gasteiger partial charge in [-0.15, -0.1) is 0 Å². The lowest BCUT2D eigenvalue weighted by molar-refractivity contribution is -0.140. The van der Waals surface area contributed by atoms with Crippen LogP contribution in [0.4, 0.5) is 13.6 Å². The Morgan fingerprint density at radius 1 is 0.912 bits per heavy atom. The average molecular weight is 835 g/mol. The summed E-state index contributed by atoms with van der Waals surface area (Å²) in [6.45, 7) is 6.66. The van der Waals surface area contributed by atoms with Crippen molar-refractivity contribution in [3.8, 4) is 17.2 Å². The monoisotopic (exact) mass is 833 g/mol. The summed E-state index contributed by atoms with van der Waals surface area (Å²) in [4.78, 5) is 60.6. The maximum absolute atomic E-state index is 13.9. The van der Waals surface area contributed by atoms with Gasteiger partial charge in [0.25, 0.3) is 0 Å². The van der Waals surface area contributed by atoms with Crippen LogP contribution in [-0.4, -0.2) is 89.6 Å². The first-order chi connectivity index (χ1) is 26.9. The van der Waals surface area contributed by atoms with E-state index in [-0.39, 0.29) is 71.0 Å². The molecule has 1 aliphatic carbocycles. The molecule has 2 aliphatic rings. The van der Waals surface area contributed by atoms with Gasteiger partial charge in [-0.3, -0.25) is 14.6 Å². The Hall–Kier alpha value is -4.69. The molecule has 0 spiro atoms. The van der Waals surface area contributed by atoms with E-state index >= 15 is 0 Å². The van der Waals surface area contributed by atoms with Gasteiger partial charge < -0.3 is 33.5 Å². The molecule has 16 heteroatoms. The van der Waals surface area contributed by atoms with Gasteiger partial charge in [-0.05, 0) is 94.8 Å². The summed E-state index contributed by atoms with van der Waals surface area (Å²) < 4.78 is 54.2. The van der Waals surface area contributed by atoms with E-state index in [0.29, 0.717) is 35.0 Å².